The molecule has 0 aromatic heterocycles. The van der Waals surface area contributed by atoms with Crippen LogP contribution < -0.4 is 16.4 Å². The number of nitrogens with one attached hydrogen (secondary N) is 2. The Morgan fingerprint density at radius 2 is 1.92 bits per heavy atom. The Hall–Kier alpha value is -1.71. The number of nitrogens with two attached hydrogens (primary N) is 1. The predicted octanol–water partition coefficient (Wildman–Crippen LogP) is 0.818. The second-order valence-corrected chi connectivity index (χ2v) is 6.35. The molecule has 132 valence electrons. The highest BCUT2D eigenvalue weighted by Gasteiger charge is 2.20. The van der Waals surface area contributed by atoms with Crippen LogP contribution in [-0.4, -0.2) is 52.7 Å². The fourth-order valence-electron chi connectivity index (χ4n) is 1.76. The number of carbonyl (C=O) groups excluding carboxylic acids is 2. The van der Waals surface area contributed by atoms with Gasteiger partial charge in [0.2, 0.25) is 5.91 Å². The van der Waals surface area contributed by atoms with Gasteiger partial charge >= 0.3 is 5.97 Å². The van der Waals surface area contributed by atoms with Crippen LogP contribution in [0.25, 0.3) is 0 Å². The van der Waals surface area contributed by atoms with E-state index in [0.717, 1.165) is 0 Å². The summed E-state index contributed by atoms with van der Waals surface area (Å²) in [5.74, 6) is -1.06. The Labute approximate surface area is 150 Å². The average Bonchev–Trinajstić information content (AvgIpc) is 2.57. The third-order valence-corrected chi connectivity index (χ3v) is 4.20. The van der Waals surface area contributed by atoms with Crippen molar-refractivity contribution < 1.29 is 19.5 Å². The predicted molar refractivity (Wildman–Crippen MR) is 98.8 cm³/mol. The minimum Gasteiger partial charge on any atom is -0.480 e. The summed E-state index contributed by atoms with van der Waals surface area (Å²) in [7, 11) is 0. The monoisotopic (exact) mass is 371 g/mol. The molecule has 0 saturated carbocycles. The number of hydrogen-bond acceptors (Lipinski definition) is 6. The van der Waals surface area contributed by atoms with Crippen LogP contribution in [0.1, 0.15) is 16.8 Å². The summed E-state index contributed by atoms with van der Waals surface area (Å²) in [5, 5.41) is 14.2. The van der Waals surface area contributed by atoms with Crippen molar-refractivity contribution in [3.63, 3.8) is 0 Å². The number of hydrogen-bond donors (Lipinski definition) is 5. The van der Waals surface area contributed by atoms with E-state index < -0.39 is 24.0 Å². The number of benzene rings is 1. The molecule has 1 aromatic rings. The minimum absolute atomic E-state index is 0.221. The van der Waals surface area contributed by atoms with Gasteiger partial charge in [-0.25, -0.2) is 4.79 Å². The van der Waals surface area contributed by atoms with Gasteiger partial charge in [0, 0.05) is 17.0 Å². The lowest BCUT2D eigenvalue weighted by atomic mass is 10.1. The summed E-state index contributed by atoms with van der Waals surface area (Å²) in [6.07, 6.45) is 2.21. The molecule has 0 heterocycles. The maximum absolute atomic E-state index is 12.1. The van der Waals surface area contributed by atoms with Crippen LogP contribution in [0.15, 0.2) is 24.3 Å². The number of rotatable bonds is 9. The first-order chi connectivity index (χ1) is 11.4. The molecule has 0 unspecified atom stereocenters. The summed E-state index contributed by atoms with van der Waals surface area (Å²) in [5.41, 5.74) is 6.35. The molecular weight excluding hydrogens is 350 g/mol. The molecule has 0 aliphatic carbocycles. The van der Waals surface area contributed by atoms with Crippen LogP contribution >= 0.6 is 24.4 Å². The molecule has 0 radical (unpaired) electrons. The molecule has 1 aromatic carbocycles. The summed E-state index contributed by atoms with van der Waals surface area (Å²) >= 11 is 5.46. The number of carboxylic acids is 1. The number of carboxylic acid groups (broad SMARTS) is 1. The largest absolute Gasteiger partial charge is 0.480 e. The molecule has 7 nitrogen and oxygen atoms in total. The number of amides is 2. The molecule has 0 saturated heterocycles. The number of carbonyl (C=O) groups is 3. The molecule has 9 heteroatoms. The van der Waals surface area contributed by atoms with E-state index in [1.807, 2.05) is 6.26 Å². The zero-order valence-corrected chi connectivity index (χ0v) is 14.9. The Morgan fingerprint density at radius 3 is 2.42 bits per heavy atom. The molecule has 5 N–H and O–H groups in total. The first-order valence-electron chi connectivity index (χ1n) is 7.19. The molecule has 24 heavy (non-hydrogen) atoms. The van der Waals surface area contributed by atoms with Gasteiger partial charge < -0.3 is 21.5 Å². The van der Waals surface area contributed by atoms with E-state index in [0.29, 0.717) is 23.4 Å². The van der Waals surface area contributed by atoms with E-state index in [1.54, 1.807) is 12.1 Å². The lowest BCUT2D eigenvalue weighted by Gasteiger charge is -2.14. The highest BCUT2D eigenvalue weighted by atomic mass is 32.2. The van der Waals surface area contributed by atoms with Crippen molar-refractivity contribution >= 4 is 47.9 Å². The van der Waals surface area contributed by atoms with E-state index in [-0.39, 0.29) is 11.7 Å². The fourth-order valence-corrected chi connectivity index (χ4v) is 2.39. The molecule has 0 spiro atoms. The molecule has 0 aliphatic rings. The summed E-state index contributed by atoms with van der Waals surface area (Å²) in [6, 6.07) is 4.46. The van der Waals surface area contributed by atoms with E-state index >= 15 is 0 Å². The summed E-state index contributed by atoms with van der Waals surface area (Å²) in [4.78, 5) is 34.9. The van der Waals surface area contributed by atoms with Gasteiger partial charge in [0.15, 0.2) is 0 Å². The number of aliphatic carboxylic acids is 1. The van der Waals surface area contributed by atoms with E-state index in [9.17, 15) is 14.4 Å². The molecule has 0 aliphatic heterocycles. The SMILES string of the molecule is CSCC[C@H](NC(=O)c1ccc(NC(=O)[C@@H](N)CS)cc1)C(=O)O. The van der Waals surface area contributed by atoms with Crippen molar-refractivity contribution in [1.29, 1.82) is 0 Å². The van der Waals surface area contributed by atoms with Gasteiger partial charge in [0.25, 0.3) is 5.91 Å². The lowest BCUT2D eigenvalue weighted by molar-refractivity contribution is -0.139. The van der Waals surface area contributed by atoms with Crippen molar-refractivity contribution in [1.82, 2.24) is 5.32 Å². The van der Waals surface area contributed by atoms with Crippen LogP contribution in [0.5, 0.6) is 0 Å². The van der Waals surface area contributed by atoms with Gasteiger partial charge in [-0.2, -0.15) is 24.4 Å². The highest BCUT2D eigenvalue weighted by molar-refractivity contribution is 7.98. The highest BCUT2D eigenvalue weighted by Crippen LogP contribution is 2.11. The molecule has 0 fully saturated rings. The van der Waals surface area contributed by atoms with Crippen LogP contribution in [0.2, 0.25) is 0 Å². The van der Waals surface area contributed by atoms with Crippen LogP contribution in [0, 0.1) is 0 Å². The third-order valence-electron chi connectivity index (χ3n) is 3.16. The maximum Gasteiger partial charge on any atom is 0.326 e. The molecule has 2 amide bonds. The van der Waals surface area contributed by atoms with Crippen LogP contribution in [-0.2, 0) is 9.59 Å². The Kier molecular flexibility index (Phi) is 8.66. The van der Waals surface area contributed by atoms with Gasteiger partial charge in [-0.15, -0.1) is 0 Å². The smallest absolute Gasteiger partial charge is 0.326 e. The van der Waals surface area contributed by atoms with Crippen molar-refractivity contribution in [3.05, 3.63) is 29.8 Å². The van der Waals surface area contributed by atoms with E-state index in [2.05, 4.69) is 23.3 Å². The number of anilines is 1. The van der Waals surface area contributed by atoms with Crippen LogP contribution in [0.3, 0.4) is 0 Å². The second kappa shape index (κ2) is 10.2. The summed E-state index contributed by atoms with van der Waals surface area (Å²) < 4.78 is 0. The quantitative estimate of drug-likeness (QED) is 0.410. The number of thiol groups is 1. The van der Waals surface area contributed by atoms with E-state index in [4.69, 9.17) is 10.8 Å². The van der Waals surface area contributed by atoms with Gasteiger partial charge in [0.05, 0.1) is 6.04 Å². The van der Waals surface area contributed by atoms with Gasteiger partial charge in [-0.05, 0) is 42.7 Å². The Bertz CT molecular complexity index is 581. The fraction of sp³-hybridized carbons (Fsp3) is 0.400. The molecular formula is C15H21N3O4S2. The van der Waals surface area contributed by atoms with Crippen LogP contribution in [0.4, 0.5) is 5.69 Å². The number of thioether (sulfide) groups is 1. The van der Waals surface area contributed by atoms with Crippen molar-refractivity contribution in [2.24, 2.45) is 5.73 Å². The van der Waals surface area contributed by atoms with Gasteiger partial charge in [0.1, 0.15) is 6.04 Å². The van der Waals surface area contributed by atoms with Crippen molar-refractivity contribution in [2.75, 3.05) is 23.1 Å². The Balaban J connectivity index is 2.68. The molecule has 2 atom stereocenters. The van der Waals surface area contributed by atoms with E-state index in [1.165, 1.54) is 23.9 Å². The molecule has 1 rings (SSSR count). The average molecular weight is 371 g/mol. The first kappa shape index (κ1) is 20.3. The zero-order chi connectivity index (χ0) is 18.1. The maximum atomic E-state index is 12.1. The molecule has 0 bridgehead atoms. The van der Waals surface area contributed by atoms with Gasteiger partial charge in [-0.3, -0.25) is 9.59 Å². The Morgan fingerprint density at radius 1 is 1.29 bits per heavy atom. The topological polar surface area (TPSA) is 122 Å². The third kappa shape index (κ3) is 6.42. The normalized spacial score (nSPS) is 13.0. The first-order valence-corrected chi connectivity index (χ1v) is 9.21. The van der Waals surface area contributed by atoms with Gasteiger partial charge in [-0.1, -0.05) is 0 Å². The van der Waals surface area contributed by atoms with Crippen molar-refractivity contribution in [3.8, 4) is 0 Å². The standard InChI is InChI=1S/C15H21N3O4S2/c1-24-7-6-12(15(21)22)18-13(19)9-2-4-10(5-3-9)17-14(20)11(16)8-23/h2-5,11-12,23H,6-8,16H2,1H3,(H,17,20)(H,18,19)(H,21,22)/t11-,12-/m0/s1. The zero-order valence-electron chi connectivity index (χ0n) is 13.2. The second-order valence-electron chi connectivity index (χ2n) is 5.00. The lowest BCUT2D eigenvalue weighted by Crippen LogP contribution is -2.41. The van der Waals surface area contributed by atoms with Crippen molar-refractivity contribution in [2.45, 2.75) is 18.5 Å². The minimum atomic E-state index is -1.07. The summed E-state index contributed by atoms with van der Waals surface area (Å²) in [6.45, 7) is 0.